The zero-order chi connectivity index (χ0) is 19.1. The van der Waals surface area contributed by atoms with E-state index in [0.717, 1.165) is 49.5 Å². The van der Waals surface area contributed by atoms with E-state index in [9.17, 15) is 4.79 Å². The first-order chi connectivity index (χ1) is 13.7. The molecule has 1 N–H and O–H groups in total. The zero-order valence-electron chi connectivity index (χ0n) is 16.3. The highest BCUT2D eigenvalue weighted by Gasteiger charge is 2.29. The third-order valence-electron chi connectivity index (χ3n) is 5.75. The minimum absolute atomic E-state index is 0. The molecule has 0 spiro atoms. The van der Waals surface area contributed by atoms with E-state index in [2.05, 4.69) is 25.1 Å². The number of benzene rings is 1. The van der Waals surface area contributed by atoms with Crippen molar-refractivity contribution < 1.29 is 4.79 Å². The van der Waals surface area contributed by atoms with Gasteiger partial charge in [-0.25, -0.2) is 0 Å². The van der Waals surface area contributed by atoms with Crippen molar-refractivity contribution in [3.05, 3.63) is 52.7 Å². The van der Waals surface area contributed by atoms with Crippen LogP contribution in [0.3, 0.4) is 0 Å². The summed E-state index contributed by atoms with van der Waals surface area (Å²) in [5, 5.41) is 13.5. The molecule has 1 amide bonds. The Bertz CT molecular complexity index is 1050. The fourth-order valence-electron chi connectivity index (χ4n) is 4.24. The molecule has 0 atom stereocenters. The summed E-state index contributed by atoms with van der Waals surface area (Å²) < 4.78 is 2.25. The van der Waals surface area contributed by atoms with Crippen molar-refractivity contribution >= 4 is 53.2 Å². The lowest BCUT2D eigenvalue weighted by Crippen LogP contribution is -2.39. The van der Waals surface area contributed by atoms with Gasteiger partial charge in [0, 0.05) is 43.7 Å². The summed E-state index contributed by atoms with van der Waals surface area (Å²) in [6.07, 6.45) is 3.50. The Morgan fingerprint density at radius 3 is 2.70 bits per heavy atom. The van der Waals surface area contributed by atoms with Crippen molar-refractivity contribution in [1.82, 2.24) is 30.0 Å². The van der Waals surface area contributed by atoms with Crippen LogP contribution < -0.4 is 5.32 Å². The number of hydrogen-bond donors (Lipinski definition) is 1. The Morgan fingerprint density at radius 2 is 1.90 bits per heavy atom. The molecule has 30 heavy (non-hydrogen) atoms. The molecular weight excluding hydrogens is 447 g/mol. The number of fused-ring (bicyclic) bond motifs is 2. The molecule has 1 aromatic carbocycles. The van der Waals surface area contributed by atoms with Gasteiger partial charge in [0.15, 0.2) is 0 Å². The molecule has 0 unspecified atom stereocenters. The van der Waals surface area contributed by atoms with Crippen molar-refractivity contribution in [2.45, 2.75) is 31.8 Å². The number of carbonyl (C=O) groups is 1. The molecule has 4 heterocycles. The molecule has 2 aliphatic heterocycles. The van der Waals surface area contributed by atoms with E-state index in [1.54, 1.807) is 18.3 Å². The number of carbonyl (C=O) groups excluding carboxylic acids is 1. The molecule has 160 valence electrons. The lowest BCUT2D eigenvalue weighted by atomic mass is 9.95. The first kappa shape index (κ1) is 22.7. The maximum atomic E-state index is 13.2. The Hall–Kier alpha value is -1.93. The Morgan fingerprint density at radius 1 is 1.10 bits per heavy atom. The van der Waals surface area contributed by atoms with Gasteiger partial charge in [0.2, 0.25) is 0 Å². The van der Waals surface area contributed by atoms with Crippen molar-refractivity contribution in [3.8, 4) is 0 Å². The second kappa shape index (κ2) is 9.47. The summed E-state index contributed by atoms with van der Waals surface area (Å²) in [7, 11) is 0. The number of rotatable bonds is 2. The molecule has 1 saturated heterocycles. The summed E-state index contributed by atoms with van der Waals surface area (Å²) in [5.41, 5.74) is 1.28. The van der Waals surface area contributed by atoms with E-state index in [1.165, 1.54) is 0 Å². The predicted octanol–water partition coefficient (Wildman–Crippen LogP) is 3.45. The molecule has 1 fully saturated rings. The molecule has 0 aliphatic carbocycles. The SMILES string of the molecule is Cl.Cl.O=C(c1ccc(Cl)c2cccnc12)N1CCC(c2nnc3n2CCNC3)CC1. The van der Waals surface area contributed by atoms with Crippen LogP contribution in [0, 0.1) is 0 Å². The van der Waals surface area contributed by atoms with Crippen molar-refractivity contribution in [1.29, 1.82) is 0 Å². The molecule has 7 nitrogen and oxygen atoms in total. The Balaban J connectivity index is 0.00000128. The average Bonchev–Trinajstić information content (AvgIpc) is 3.18. The summed E-state index contributed by atoms with van der Waals surface area (Å²) in [4.78, 5) is 19.5. The number of halogens is 3. The van der Waals surface area contributed by atoms with Crippen LogP contribution in [-0.2, 0) is 13.1 Å². The minimum Gasteiger partial charge on any atom is -0.339 e. The van der Waals surface area contributed by atoms with Crippen LogP contribution in [0.25, 0.3) is 10.9 Å². The summed E-state index contributed by atoms with van der Waals surface area (Å²) >= 11 is 6.27. The normalized spacial score (nSPS) is 16.5. The highest BCUT2D eigenvalue weighted by Crippen LogP contribution is 2.30. The number of amides is 1. The van der Waals surface area contributed by atoms with Crippen molar-refractivity contribution in [2.24, 2.45) is 0 Å². The van der Waals surface area contributed by atoms with Gasteiger partial charge in [-0.15, -0.1) is 35.0 Å². The number of nitrogens with zero attached hydrogens (tertiary/aromatic N) is 5. The second-order valence-electron chi connectivity index (χ2n) is 7.36. The number of aromatic nitrogens is 4. The number of hydrogen-bond acceptors (Lipinski definition) is 5. The Kier molecular flexibility index (Phi) is 7.18. The van der Waals surface area contributed by atoms with E-state index >= 15 is 0 Å². The summed E-state index contributed by atoms with van der Waals surface area (Å²) in [6, 6.07) is 7.30. The van der Waals surface area contributed by atoms with Crippen LogP contribution in [-0.4, -0.2) is 50.2 Å². The van der Waals surface area contributed by atoms with Gasteiger partial charge in [-0.1, -0.05) is 11.6 Å². The zero-order valence-corrected chi connectivity index (χ0v) is 18.6. The lowest BCUT2D eigenvalue weighted by Gasteiger charge is -2.32. The highest BCUT2D eigenvalue weighted by molar-refractivity contribution is 6.36. The van der Waals surface area contributed by atoms with E-state index in [-0.39, 0.29) is 30.7 Å². The van der Waals surface area contributed by atoms with Crippen molar-refractivity contribution in [3.63, 3.8) is 0 Å². The van der Waals surface area contributed by atoms with Gasteiger partial charge in [-0.05, 0) is 37.1 Å². The van der Waals surface area contributed by atoms with Crippen LogP contribution in [0.1, 0.15) is 40.8 Å². The second-order valence-corrected chi connectivity index (χ2v) is 7.77. The predicted molar refractivity (Wildman–Crippen MR) is 121 cm³/mol. The standard InChI is InChI=1S/C20H21ClN6O.2ClH/c21-16-4-3-15(18-14(16)2-1-7-23-18)20(28)26-9-5-13(6-10-26)19-25-24-17-12-22-8-11-27(17)19;;/h1-4,7,13,22H,5-6,8-12H2;2*1H. The highest BCUT2D eigenvalue weighted by atomic mass is 35.5. The van der Waals surface area contributed by atoms with Crippen LogP contribution in [0.5, 0.6) is 0 Å². The molecule has 5 rings (SSSR count). The van der Waals surface area contributed by atoms with Gasteiger partial charge in [0.25, 0.3) is 5.91 Å². The number of nitrogens with one attached hydrogen (secondary N) is 1. The van der Waals surface area contributed by atoms with Gasteiger partial charge in [-0.2, -0.15) is 0 Å². The van der Waals surface area contributed by atoms with Crippen LogP contribution >= 0.6 is 36.4 Å². The van der Waals surface area contributed by atoms with Gasteiger partial charge in [0.05, 0.1) is 22.6 Å². The molecule has 0 bridgehead atoms. The first-order valence-electron chi connectivity index (χ1n) is 9.67. The third-order valence-corrected chi connectivity index (χ3v) is 6.08. The lowest BCUT2D eigenvalue weighted by molar-refractivity contribution is 0.0712. The average molecular weight is 470 g/mol. The molecular formula is C20H23Cl3N6O. The summed E-state index contributed by atoms with van der Waals surface area (Å²) in [6.45, 7) is 4.06. The number of pyridine rings is 1. The third kappa shape index (κ3) is 3.99. The molecule has 0 radical (unpaired) electrons. The van der Waals surface area contributed by atoms with Crippen LogP contribution in [0.2, 0.25) is 5.02 Å². The van der Waals surface area contributed by atoms with E-state index in [1.807, 2.05) is 17.0 Å². The molecule has 0 saturated carbocycles. The molecule has 2 aliphatic rings. The first-order valence-corrected chi connectivity index (χ1v) is 10.1. The van der Waals surface area contributed by atoms with Gasteiger partial charge in [-0.3, -0.25) is 9.78 Å². The number of likely N-dealkylation sites (tertiary alicyclic amines) is 1. The fourth-order valence-corrected chi connectivity index (χ4v) is 4.45. The largest absolute Gasteiger partial charge is 0.339 e. The summed E-state index contributed by atoms with van der Waals surface area (Å²) in [5.74, 6) is 2.45. The van der Waals surface area contributed by atoms with Gasteiger partial charge in [0.1, 0.15) is 11.6 Å². The van der Waals surface area contributed by atoms with E-state index in [4.69, 9.17) is 11.6 Å². The monoisotopic (exact) mass is 468 g/mol. The topological polar surface area (TPSA) is 75.9 Å². The quantitative estimate of drug-likeness (QED) is 0.622. The number of piperidine rings is 1. The van der Waals surface area contributed by atoms with Crippen LogP contribution in [0.4, 0.5) is 0 Å². The maximum Gasteiger partial charge on any atom is 0.256 e. The Labute approximate surface area is 192 Å². The van der Waals surface area contributed by atoms with Crippen molar-refractivity contribution in [2.75, 3.05) is 19.6 Å². The van der Waals surface area contributed by atoms with E-state index in [0.29, 0.717) is 35.1 Å². The smallest absolute Gasteiger partial charge is 0.256 e. The molecule has 3 aromatic rings. The maximum absolute atomic E-state index is 13.2. The molecule has 2 aromatic heterocycles. The van der Waals surface area contributed by atoms with Crippen LogP contribution in [0.15, 0.2) is 30.5 Å². The van der Waals surface area contributed by atoms with E-state index < -0.39 is 0 Å². The van der Waals surface area contributed by atoms with Gasteiger partial charge < -0.3 is 14.8 Å². The van der Waals surface area contributed by atoms with Gasteiger partial charge >= 0.3 is 0 Å². The minimum atomic E-state index is 0. The molecule has 10 heteroatoms. The fraction of sp³-hybridized carbons (Fsp3) is 0.400.